The summed E-state index contributed by atoms with van der Waals surface area (Å²) in [5.41, 5.74) is 16.7. The van der Waals surface area contributed by atoms with Crippen LogP contribution >= 0.6 is 0 Å². The number of rotatable bonds is 9. The average molecular weight is 768 g/mol. The van der Waals surface area contributed by atoms with E-state index in [1.807, 2.05) is 72.9 Å². The van der Waals surface area contributed by atoms with Crippen molar-refractivity contribution in [1.29, 1.82) is 0 Å². The van der Waals surface area contributed by atoms with Crippen molar-refractivity contribution in [2.75, 3.05) is 0 Å². The Bertz CT molecular complexity index is 2910. The van der Waals surface area contributed by atoms with Gasteiger partial charge in [-0.3, -0.25) is 9.97 Å². The Morgan fingerprint density at radius 2 is 0.633 bits per heavy atom. The third-order valence-electron chi connectivity index (χ3n) is 10.6. The van der Waals surface area contributed by atoms with Gasteiger partial charge in [0.1, 0.15) is 0 Å². The molecule has 0 saturated heterocycles. The number of pyridine rings is 3. The summed E-state index contributed by atoms with van der Waals surface area (Å²) in [7, 11) is 0. The molecule has 282 valence electrons. The van der Waals surface area contributed by atoms with Crippen LogP contribution in [0.1, 0.15) is 0 Å². The molecular formula is C55H37N5. The van der Waals surface area contributed by atoms with Gasteiger partial charge in [0.15, 0.2) is 5.82 Å². The van der Waals surface area contributed by atoms with Crippen LogP contribution in [0.15, 0.2) is 225 Å². The van der Waals surface area contributed by atoms with Crippen molar-refractivity contribution in [3.8, 4) is 101 Å². The molecule has 0 unspecified atom stereocenters. The van der Waals surface area contributed by atoms with Crippen molar-refractivity contribution < 1.29 is 0 Å². The summed E-state index contributed by atoms with van der Waals surface area (Å²) < 4.78 is 0. The fourth-order valence-electron chi connectivity index (χ4n) is 7.48. The fraction of sp³-hybridized carbons (Fsp3) is 0. The standard InChI is InChI=1S/C55H37N5/c1-5-15-38(16-6-1)45-31-46(39-17-7-2-8-18-39)33-47(32-45)48-34-53(49-23-13-14-30-56-49)58-54(35-48)50-29-28-44(37-57-50)40-24-26-42(27-25-40)52-36-51(41-19-9-3-10-20-41)59-55(60-52)43-21-11-4-12-22-43/h1-37H. The molecule has 4 heterocycles. The zero-order chi connectivity index (χ0) is 40.1. The average Bonchev–Trinajstić information content (AvgIpc) is 3.35. The van der Waals surface area contributed by atoms with E-state index >= 15 is 0 Å². The van der Waals surface area contributed by atoms with Gasteiger partial charge < -0.3 is 0 Å². The van der Waals surface area contributed by atoms with Gasteiger partial charge in [-0.05, 0) is 93.5 Å². The van der Waals surface area contributed by atoms with Crippen molar-refractivity contribution in [3.63, 3.8) is 0 Å². The zero-order valence-electron chi connectivity index (χ0n) is 32.6. The molecule has 4 aromatic heterocycles. The molecule has 0 atom stereocenters. The summed E-state index contributed by atoms with van der Waals surface area (Å²) in [5, 5.41) is 0. The molecule has 0 N–H and O–H groups in total. The first-order valence-electron chi connectivity index (χ1n) is 20.0. The lowest BCUT2D eigenvalue weighted by Crippen LogP contribution is -1.96. The van der Waals surface area contributed by atoms with Crippen LogP contribution in [0.5, 0.6) is 0 Å². The number of nitrogens with zero attached hydrogens (tertiary/aromatic N) is 5. The van der Waals surface area contributed by atoms with Crippen molar-refractivity contribution in [3.05, 3.63) is 225 Å². The van der Waals surface area contributed by atoms with Gasteiger partial charge in [-0.15, -0.1) is 0 Å². The normalized spacial score (nSPS) is 11.0. The maximum absolute atomic E-state index is 5.13. The second kappa shape index (κ2) is 16.4. The fourth-order valence-corrected chi connectivity index (χ4v) is 7.48. The van der Waals surface area contributed by atoms with Gasteiger partial charge in [0.25, 0.3) is 0 Å². The minimum Gasteiger partial charge on any atom is -0.255 e. The van der Waals surface area contributed by atoms with Gasteiger partial charge in [-0.1, -0.05) is 158 Å². The lowest BCUT2D eigenvalue weighted by molar-refractivity contribution is 1.18. The summed E-state index contributed by atoms with van der Waals surface area (Å²) in [6.07, 6.45) is 3.73. The van der Waals surface area contributed by atoms with Crippen molar-refractivity contribution in [2.45, 2.75) is 0 Å². The maximum Gasteiger partial charge on any atom is 0.160 e. The molecule has 6 aromatic carbocycles. The highest BCUT2D eigenvalue weighted by Gasteiger charge is 2.15. The number of aromatic nitrogens is 5. The molecule has 0 saturated carbocycles. The van der Waals surface area contributed by atoms with E-state index in [2.05, 4.69) is 151 Å². The molecule has 10 rings (SSSR count). The van der Waals surface area contributed by atoms with Gasteiger partial charge in [-0.2, -0.15) is 0 Å². The Morgan fingerprint density at radius 3 is 1.15 bits per heavy atom. The van der Waals surface area contributed by atoms with Crippen LogP contribution in [0.25, 0.3) is 101 Å². The topological polar surface area (TPSA) is 64.5 Å². The number of benzene rings is 6. The highest BCUT2D eigenvalue weighted by Crippen LogP contribution is 2.36. The largest absolute Gasteiger partial charge is 0.255 e. The smallest absolute Gasteiger partial charge is 0.160 e. The molecule has 0 fully saturated rings. The quantitative estimate of drug-likeness (QED) is 0.146. The Morgan fingerprint density at radius 1 is 0.217 bits per heavy atom. The summed E-state index contributed by atoms with van der Waals surface area (Å²) >= 11 is 0. The van der Waals surface area contributed by atoms with Gasteiger partial charge in [-0.25, -0.2) is 15.0 Å². The second-order valence-corrected chi connectivity index (χ2v) is 14.6. The third-order valence-corrected chi connectivity index (χ3v) is 10.6. The van der Waals surface area contributed by atoms with Gasteiger partial charge >= 0.3 is 0 Å². The third kappa shape index (κ3) is 7.76. The van der Waals surface area contributed by atoms with Crippen LogP contribution in [0.3, 0.4) is 0 Å². The lowest BCUT2D eigenvalue weighted by Gasteiger charge is -2.14. The Hall–Kier alpha value is -8.15. The molecule has 0 bridgehead atoms. The first-order chi connectivity index (χ1) is 29.7. The van der Waals surface area contributed by atoms with Crippen LogP contribution in [-0.4, -0.2) is 24.9 Å². The van der Waals surface area contributed by atoms with Crippen molar-refractivity contribution in [1.82, 2.24) is 24.9 Å². The summed E-state index contributed by atoms with van der Waals surface area (Å²) in [6, 6.07) is 73.1. The monoisotopic (exact) mass is 767 g/mol. The van der Waals surface area contributed by atoms with Gasteiger partial charge in [0.2, 0.25) is 0 Å². The molecular weight excluding hydrogens is 731 g/mol. The van der Waals surface area contributed by atoms with E-state index in [1.54, 1.807) is 6.20 Å². The Labute approximate surface area is 349 Å². The Kier molecular flexibility index (Phi) is 9.88. The molecule has 0 aliphatic rings. The minimum atomic E-state index is 0.695. The second-order valence-electron chi connectivity index (χ2n) is 14.6. The van der Waals surface area contributed by atoms with Gasteiger partial charge in [0, 0.05) is 34.6 Å². The highest BCUT2D eigenvalue weighted by atomic mass is 14.9. The van der Waals surface area contributed by atoms with E-state index in [9.17, 15) is 0 Å². The van der Waals surface area contributed by atoms with Crippen LogP contribution in [0.4, 0.5) is 0 Å². The molecule has 10 aromatic rings. The molecule has 0 amide bonds. The molecule has 0 aliphatic heterocycles. The van der Waals surface area contributed by atoms with Crippen LogP contribution in [0, 0.1) is 0 Å². The minimum absolute atomic E-state index is 0.695. The summed E-state index contributed by atoms with van der Waals surface area (Å²) in [5.74, 6) is 0.695. The molecule has 0 spiro atoms. The van der Waals surface area contributed by atoms with E-state index in [-0.39, 0.29) is 0 Å². The van der Waals surface area contributed by atoms with E-state index in [1.165, 1.54) is 0 Å². The predicted octanol–water partition coefficient (Wildman–Crippen LogP) is 13.7. The highest BCUT2D eigenvalue weighted by molar-refractivity contribution is 5.84. The Balaban J connectivity index is 1.00. The first kappa shape index (κ1) is 36.2. The summed E-state index contributed by atoms with van der Waals surface area (Å²) in [4.78, 5) is 24.8. The molecule has 0 radical (unpaired) electrons. The lowest BCUT2D eigenvalue weighted by atomic mass is 9.93. The van der Waals surface area contributed by atoms with Crippen LogP contribution < -0.4 is 0 Å². The number of hydrogen-bond acceptors (Lipinski definition) is 5. The van der Waals surface area contributed by atoms with Crippen LogP contribution in [-0.2, 0) is 0 Å². The number of hydrogen-bond donors (Lipinski definition) is 0. The van der Waals surface area contributed by atoms with E-state index in [4.69, 9.17) is 19.9 Å². The first-order valence-corrected chi connectivity index (χ1v) is 20.0. The molecule has 0 aliphatic carbocycles. The van der Waals surface area contributed by atoms with E-state index in [0.29, 0.717) is 5.82 Å². The van der Waals surface area contributed by atoms with E-state index in [0.717, 1.165) is 95.4 Å². The van der Waals surface area contributed by atoms with E-state index < -0.39 is 0 Å². The predicted molar refractivity (Wildman–Crippen MR) is 244 cm³/mol. The van der Waals surface area contributed by atoms with Crippen molar-refractivity contribution >= 4 is 0 Å². The molecule has 5 heteroatoms. The van der Waals surface area contributed by atoms with Crippen molar-refractivity contribution in [2.24, 2.45) is 0 Å². The maximum atomic E-state index is 5.13. The zero-order valence-corrected chi connectivity index (χ0v) is 32.6. The summed E-state index contributed by atoms with van der Waals surface area (Å²) in [6.45, 7) is 0. The molecule has 5 nitrogen and oxygen atoms in total. The SMILES string of the molecule is c1ccc(-c2cc(-c3ccccc3)cc(-c3cc(-c4ccccn4)nc(-c4ccc(-c5ccc(-c6cc(-c7ccccc7)nc(-c7ccccc7)n6)cc5)cn4)c3)c2)cc1. The molecule has 60 heavy (non-hydrogen) atoms. The van der Waals surface area contributed by atoms with Crippen LogP contribution in [0.2, 0.25) is 0 Å². The van der Waals surface area contributed by atoms with Gasteiger partial charge in [0.05, 0.1) is 34.2 Å².